The largest absolute Gasteiger partial charge is 0.493 e. The summed E-state index contributed by atoms with van der Waals surface area (Å²) in [5.41, 5.74) is 1.00. The van der Waals surface area contributed by atoms with Crippen LogP contribution in [0.2, 0.25) is 0 Å². The van der Waals surface area contributed by atoms with Crippen LogP contribution >= 0.6 is 0 Å². The predicted octanol–water partition coefficient (Wildman–Crippen LogP) is 2.80. The number of ether oxygens (including phenoxy) is 2. The fourth-order valence-electron chi connectivity index (χ4n) is 4.01. The fraction of sp³-hybridized carbons (Fsp3) is 0.375. The third-order valence-corrected chi connectivity index (χ3v) is 5.78. The van der Waals surface area contributed by atoms with Crippen LogP contribution in [0.5, 0.6) is 11.5 Å². The quantitative estimate of drug-likeness (QED) is 0.590. The molecule has 3 heterocycles. The maximum atomic E-state index is 13.1. The van der Waals surface area contributed by atoms with Gasteiger partial charge in [-0.1, -0.05) is 19.1 Å². The molecule has 1 aromatic carbocycles. The number of rotatable bonds is 7. The Morgan fingerprint density at radius 1 is 1.21 bits per heavy atom. The molecule has 0 aliphatic carbocycles. The summed E-state index contributed by atoms with van der Waals surface area (Å²) >= 11 is 0. The van der Waals surface area contributed by atoms with Crippen LogP contribution in [-0.2, 0) is 4.79 Å². The van der Waals surface area contributed by atoms with E-state index >= 15 is 0 Å². The van der Waals surface area contributed by atoms with Crippen LogP contribution in [0.4, 0.5) is 0 Å². The highest BCUT2D eigenvalue weighted by Crippen LogP contribution is 2.30. The van der Waals surface area contributed by atoms with Crippen molar-refractivity contribution in [3.05, 3.63) is 65.0 Å². The molecule has 1 aliphatic rings. The number of H-pyrrole nitrogens is 1. The van der Waals surface area contributed by atoms with Gasteiger partial charge in [-0.15, -0.1) is 0 Å². The topological polar surface area (TPSA) is 110 Å². The standard InChI is InChI=1S/C24H27N5O4/c1-3-19(33-21-7-5-4-6-20(21)32-2)24(31)29-12-8-16(9-13-29)17-14-22(30)28-23(27-17)18-15-25-10-11-26-18/h4-7,10-11,14-16,19H,3,8-9,12-13H2,1-2H3,(H,27,28,30). The van der Waals surface area contributed by atoms with Gasteiger partial charge in [0.2, 0.25) is 0 Å². The Morgan fingerprint density at radius 3 is 2.64 bits per heavy atom. The molecule has 33 heavy (non-hydrogen) atoms. The second kappa shape index (κ2) is 10.2. The minimum absolute atomic E-state index is 0.0408. The Morgan fingerprint density at radius 2 is 1.97 bits per heavy atom. The molecule has 1 fully saturated rings. The molecule has 2 aromatic heterocycles. The minimum atomic E-state index is -0.584. The van der Waals surface area contributed by atoms with Gasteiger partial charge in [0.05, 0.1) is 19.0 Å². The number of carbonyl (C=O) groups is 1. The molecule has 1 unspecified atom stereocenters. The van der Waals surface area contributed by atoms with Gasteiger partial charge in [0.25, 0.3) is 11.5 Å². The Kier molecular flexibility index (Phi) is 6.97. The van der Waals surface area contributed by atoms with Gasteiger partial charge in [-0.25, -0.2) is 9.97 Å². The monoisotopic (exact) mass is 449 g/mol. The van der Waals surface area contributed by atoms with E-state index in [1.807, 2.05) is 30.0 Å². The predicted molar refractivity (Wildman–Crippen MR) is 122 cm³/mol. The highest BCUT2D eigenvalue weighted by Gasteiger charge is 2.30. The number of para-hydroxylation sites is 2. The van der Waals surface area contributed by atoms with Gasteiger partial charge in [0.15, 0.2) is 23.4 Å². The van der Waals surface area contributed by atoms with Gasteiger partial charge in [0, 0.05) is 37.5 Å². The minimum Gasteiger partial charge on any atom is -0.493 e. The number of hydrogen-bond acceptors (Lipinski definition) is 7. The Balaban J connectivity index is 1.42. The molecule has 0 radical (unpaired) electrons. The zero-order valence-electron chi connectivity index (χ0n) is 18.7. The summed E-state index contributed by atoms with van der Waals surface area (Å²) in [7, 11) is 1.58. The first kappa shape index (κ1) is 22.4. The molecule has 172 valence electrons. The first-order valence-electron chi connectivity index (χ1n) is 11.0. The number of aromatic nitrogens is 4. The van der Waals surface area contributed by atoms with Gasteiger partial charge in [0.1, 0.15) is 5.69 Å². The summed E-state index contributed by atoms with van der Waals surface area (Å²) in [6.07, 6.45) is 6.09. The number of carbonyl (C=O) groups excluding carboxylic acids is 1. The van der Waals surface area contributed by atoms with Gasteiger partial charge in [-0.3, -0.25) is 14.6 Å². The summed E-state index contributed by atoms with van der Waals surface area (Å²) < 4.78 is 11.3. The number of hydrogen-bond donors (Lipinski definition) is 1. The molecule has 1 atom stereocenters. The molecule has 0 saturated carbocycles. The molecule has 3 aromatic rings. The number of methoxy groups -OCH3 is 1. The molecule has 1 saturated heterocycles. The molecular weight excluding hydrogens is 422 g/mol. The van der Waals surface area contributed by atoms with Crippen molar-refractivity contribution in [1.29, 1.82) is 0 Å². The van der Waals surface area contributed by atoms with Crippen LogP contribution in [0.3, 0.4) is 0 Å². The zero-order chi connectivity index (χ0) is 23.2. The lowest BCUT2D eigenvalue weighted by molar-refractivity contribution is -0.140. The lowest BCUT2D eigenvalue weighted by Gasteiger charge is -2.34. The SMILES string of the molecule is CCC(Oc1ccccc1OC)C(=O)N1CCC(c2cc(=O)[nH]c(-c3cnccn3)n2)CC1. The molecule has 1 N–H and O–H groups in total. The molecule has 9 nitrogen and oxygen atoms in total. The van der Waals surface area contributed by atoms with Gasteiger partial charge in [-0.05, 0) is 31.4 Å². The van der Waals surface area contributed by atoms with Crippen molar-refractivity contribution in [2.24, 2.45) is 0 Å². The van der Waals surface area contributed by atoms with E-state index in [2.05, 4.69) is 19.9 Å². The molecule has 4 rings (SSSR count). The number of nitrogens with zero attached hydrogens (tertiary/aromatic N) is 4. The second-order valence-corrected chi connectivity index (χ2v) is 7.87. The van der Waals surface area contributed by atoms with Crippen molar-refractivity contribution in [1.82, 2.24) is 24.8 Å². The maximum Gasteiger partial charge on any atom is 0.263 e. The van der Waals surface area contributed by atoms with Gasteiger partial charge in [-0.2, -0.15) is 0 Å². The zero-order valence-corrected chi connectivity index (χ0v) is 18.7. The van der Waals surface area contributed by atoms with E-state index in [1.165, 1.54) is 6.07 Å². The number of likely N-dealkylation sites (tertiary alicyclic amines) is 1. The van der Waals surface area contributed by atoms with E-state index < -0.39 is 6.10 Å². The highest BCUT2D eigenvalue weighted by atomic mass is 16.5. The van der Waals surface area contributed by atoms with E-state index in [4.69, 9.17) is 9.47 Å². The van der Waals surface area contributed by atoms with E-state index in [-0.39, 0.29) is 17.4 Å². The third kappa shape index (κ3) is 5.19. The summed E-state index contributed by atoms with van der Waals surface area (Å²) in [5.74, 6) is 1.60. The Labute approximate surface area is 191 Å². The number of amides is 1. The summed E-state index contributed by atoms with van der Waals surface area (Å²) in [6.45, 7) is 3.08. The number of aromatic amines is 1. The lowest BCUT2D eigenvalue weighted by Crippen LogP contribution is -2.45. The van der Waals surface area contributed by atoms with E-state index in [1.54, 1.807) is 31.8 Å². The highest BCUT2D eigenvalue weighted by molar-refractivity contribution is 5.81. The maximum absolute atomic E-state index is 13.1. The Bertz CT molecular complexity index is 1140. The third-order valence-electron chi connectivity index (χ3n) is 5.78. The van der Waals surface area contributed by atoms with Crippen molar-refractivity contribution in [2.75, 3.05) is 20.2 Å². The summed E-state index contributed by atoms with van der Waals surface area (Å²) in [4.78, 5) is 42.8. The Hall–Kier alpha value is -3.75. The van der Waals surface area contributed by atoms with E-state index in [0.717, 1.165) is 0 Å². The van der Waals surface area contributed by atoms with Crippen LogP contribution in [0.25, 0.3) is 11.5 Å². The number of piperidine rings is 1. The average molecular weight is 450 g/mol. The molecule has 0 bridgehead atoms. The van der Waals surface area contributed by atoms with Crippen molar-refractivity contribution in [3.63, 3.8) is 0 Å². The molecule has 1 aliphatic heterocycles. The smallest absolute Gasteiger partial charge is 0.263 e. The first-order valence-corrected chi connectivity index (χ1v) is 11.0. The van der Waals surface area contributed by atoms with Crippen LogP contribution in [0.15, 0.2) is 53.7 Å². The number of benzene rings is 1. The van der Waals surface area contributed by atoms with Crippen LogP contribution < -0.4 is 15.0 Å². The molecular formula is C24H27N5O4. The molecule has 9 heteroatoms. The fourth-order valence-corrected chi connectivity index (χ4v) is 4.01. The number of nitrogens with one attached hydrogen (secondary N) is 1. The van der Waals surface area contributed by atoms with Gasteiger partial charge >= 0.3 is 0 Å². The lowest BCUT2D eigenvalue weighted by atomic mass is 9.93. The first-order chi connectivity index (χ1) is 16.1. The molecule has 0 spiro atoms. The van der Waals surface area contributed by atoms with Crippen molar-refractivity contribution < 1.29 is 14.3 Å². The van der Waals surface area contributed by atoms with Gasteiger partial charge < -0.3 is 19.4 Å². The van der Waals surface area contributed by atoms with Crippen LogP contribution in [0.1, 0.15) is 37.8 Å². The van der Waals surface area contributed by atoms with E-state index in [0.29, 0.717) is 61.1 Å². The second-order valence-electron chi connectivity index (χ2n) is 7.87. The summed E-state index contributed by atoms with van der Waals surface area (Å²) in [5, 5.41) is 0. The van der Waals surface area contributed by atoms with Crippen LogP contribution in [-0.4, -0.2) is 57.0 Å². The average Bonchev–Trinajstić information content (AvgIpc) is 2.87. The normalized spacial score (nSPS) is 15.2. The van der Waals surface area contributed by atoms with Crippen LogP contribution in [0, 0.1) is 0 Å². The molecule has 1 amide bonds. The van der Waals surface area contributed by atoms with Crippen molar-refractivity contribution in [2.45, 2.75) is 38.2 Å². The summed E-state index contributed by atoms with van der Waals surface area (Å²) in [6, 6.07) is 8.85. The van der Waals surface area contributed by atoms with Crippen molar-refractivity contribution >= 4 is 5.91 Å². The van der Waals surface area contributed by atoms with Crippen molar-refractivity contribution in [3.8, 4) is 23.0 Å². The van der Waals surface area contributed by atoms with E-state index in [9.17, 15) is 9.59 Å².